The number of amides is 1. The van der Waals surface area contributed by atoms with Gasteiger partial charge in [0.1, 0.15) is 5.69 Å². The third kappa shape index (κ3) is 3.95. The molecule has 2 rings (SSSR count). The average molecular weight is 380 g/mol. The third-order valence-electron chi connectivity index (χ3n) is 2.46. The van der Waals surface area contributed by atoms with Crippen LogP contribution < -0.4 is 5.32 Å². The highest BCUT2D eigenvalue weighted by molar-refractivity contribution is 9.10. The van der Waals surface area contributed by atoms with E-state index in [1.165, 1.54) is 12.3 Å². The maximum Gasteiger partial charge on any atom is 0.416 e. The minimum Gasteiger partial charge on any atom is -0.321 e. The molecule has 21 heavy (non-hydrogen) atoms. The minimum absolute atomic E-state index is 0.0580. The van der Waals surface area contributed by atoms with Gasteiger partial charge < -0.3 is 5.32 Å². The molecule has 0 saturated carbocycles. The quantitative estimate of drug-likeness (QED) is 0.817. The van der Waals surface area contributed by atoms with Crippen LogP contribution in [0.25, 0.3) is 0 Å². The van der Waals surface area contributed by atoms with E-state index in [2.05, 4.69) is 26.2 Å². The number of hydrogen-bond donors (Lipinski definition) is 1. The van der Waals surface area contributed by atoms with Gasteiger partial charge in [0, 0.05) is 21.4 Å². The fraction of sp³-hybridized carbons (Fsp3) is 0.0769. The third-order valence-corrected chi connectivity index (χ3v) is 3.31. The Kier molecular flexibility index (Phi) is 4.53. The van der Waals surface area contributed by atoms with E-state index in [0.29, 0.717) is 4.47 Å². The van der Waals surface area contributed by atoms with Crippen molar-refractivity contribution in [1.29, 1.82) is 0 Å². The molecule has 3 nitrogen and oxygen atoms in total. The van der Waals surface area contributed by atoms with Gasteiger partial charge in [-0.05, 0) is 46.3 Å². The largest absolute Gasteiger partial charge is 0.416 e. The van der Waals surface area contributed by atoms with Crippen molar-refractivity contribution < 1.29 is 18.0 Å². The van der Waals surface area contributed by atoms with Gasteiger partial charge in [0.15, 0.2) is 0 Å². The van der Waals surface area contributed by atoms with Crippen molar-refractivity contribution in [2.24, 2.45) is 0 Å². The molecule has 1 N–H and O–H groups in total. The molecular weight excluding hydrogens is 373 g/mol. The fourth-order valence-corrected chi connectivity index (χ4v) is 2.24. The molecule has 0 unspecified atom stereocenters. The number of carbonyl (C=O) groups is 1. The molecule has 0 aliphatic rings. The highest BCUT2D eigenvalue weighted by atomic mass is 79.9. The first-order valence-corrected chi connectivity index (χ1v) is 6.74. The molecule has 0 bridgehead atoms. The van der Waals surface area contributed by atoms with Gasteiger partial charge in [0.25, 0.3) is 5.91 Å². The first kappa shape index (κ1) is 15.8. The lowest BCUT2D eigenvalue weighted by Crippen LogP contribution is -2.15. The van der Waals surface area contributed by atoms with Crippen LogP contribution in [0.3, 0.4) is 0 Å². The van der Waals surface area contributed by atoms with E-state index in [-0.39, 0.29) is 16.4 Å². The van der Waals surface area contributed by atoms with Crippen molar-refractivity contribution in [2.45, 2.75) is 6.18 Å². The Morgan fingerprint density at radius 3 is 2.62 bits per heavy atom. The molecule has 1 aromatic carbocycles. The predicted octanol–water partition coefficient (Wildman–Crippen LogP) is 4.77. The van der Waals surface area contributed by atoms with Crippen molar-refractivity contribution >= 4 is 39.1 Å². The number of alkyl halides is 3. The summed E-state index contributed by atoms with van der Waals surface area (Å²) in [5.41, 5.74) is -0.936. The summed E-state index contributed by atoms with van der Waals surface area (Å²) >= 11 is 8.78. The van der Waals surface area contributed by atoms with Gasteiger partial charge in [-0.2, -0.15) is 13.2 Å². The number of carbonyl (C=O) groups excluding carboxylic acids is 1. The molecule has 0 aliphatic heterocycles. The summed E-state index contributed by atoms with van der Waals surface area (Å²) in [6.45, 7) is 0. The number of halogens is 5. The molecule has 0 fully saturated rings. The standard InChI is InChI=1S/C13H7BrClF3N2O/c14-10-2-1-3-19-11(10)12(21)20-9-5-7(13(16,17)18)4-8(15)6-9/h1-6H,(H,20,21). The second-order valence-electron chi connectivity index (χ2n) is 4.01. The van der Waals surface area contributed by atoms with Crippen LogP contribution in [0.15, 0.2) is 41.0 Å². The summed E-state index contributed by atoms with van der Waals surface area (Å²) in [5, 5.41) is 2.21. The van der Waals surface area contributed by atoms with Crippen LogP contribution in [-0.4, -0.2) is 10.9 Å². The Labute approximate surface area is 131 Å². The second kappa shape index (κ2) is 6.03. The Morgan fingerprint density at radius 1 is 1.29 bits per heavy atom. The van der Waals surface area contributed by atoms with Crippen LogP contribution >= 0.6 is 27.5 Å². The monoisotopic (exact) mass is 378 g/mol. The van der Waals surface area contributed by atoms with Gasteiger partial charge in [0.2, 0.25) is 0 Å². The number of hydrogen-bond acceptors (Lipinski definition) is 2. The summed E-state index contributed by atoms with van der Waals surface area (Å²) < 4.78 is 38.5. The van der Waals surface area contributed by atoms with Crippen LogP contribution in [0.5, 0.6) is 0 Å². The van der Waals surface area contributed by atoms with Gasteiger partial charge in [-0.3, -0.25) is 4.79 Å². The van der Waals surface area contributed by atoms with Gasteiger partial charge in [-0.25, -0.2) is 4.98 Å². The lowest BCUT2D eigenvalue weighted by atomic mass is 10.2. The molecule has 1 heterocycles. The van der Waals surface area contributed by atoms with Crippen LogP contribution in [0, 0.1) is 0 Å². The molecule has 0 radical (unpaired) electrons. The zero-order valence-electron chi connectivity index (χ0n) is 10.2. The van der Waals surface area contributed by atoms with E-state index in [0.717, 1.165) is 12.1 Å². The molecule has 0 spiro atoms. The van der Waals surface area contributed by atoms with E-state index >= 15 is 0 Å². The first-order valence-electron chi connectivity index (χ1n) is 5.57. The molecule has 0 atom stereocenters. The second-order valence-corrected chi connectivity index (χ2v) is 5.31. The molecule has 8 heteroatoms. The zero-order valence-corrected chi connectivity index (χ0v) is 12.6. The fourth-order valence-electron chi connectivity index (χ4n) is 1.57. The van der Waals surface area contributed by atoms with E-state index in [9.17, 15) is 18.0 Å². The van der Waals surface area contributed by atoms with Gasteiger partial charge >= 0.3 is 6.18 Å². The number of rotatable bonds is 2. The number of nitrogens with one attached hydrogen (secondary N) is 1. The summed E-state index contributed by atoms with van der Waals surface area (Å²) in [7, 11) is 0. The van der Waals surface area contributed by atoms with Crippen molar-refractivity contribution in [3.63, 3.8) is 0 Å². The minimum atomic E-state index is -4.55. The van der Waals surface area contributed by atoms with Crippen molar-refractivity contribution in [2.75, 3.05) is 5.32 Å². The highest BCUT2D eigenvalue weighted by Crippen LogP contribution is 2.33. The van der Waals surface area contributed by atoms with E-state index in [4.69, 9.17) is 11.6 Å². The van der Waals surface area contributed by atoms with Crippen molar-refractivity contribution in [1.82, 2.24) is 4.98 Å². The molecule has 110 valence electrons. The van der Waals surface area contributed by atoms with Crippen LogP contribution in [0.4, 0.5) is 18.9 Å². The average Bonchev–Trinajstić information content (AvgIpc) is 2.37. The van der Waals surface area contributed by atoms with Gasteiger partial charge in [-0.15, -0.1) is 0 Å². The molecule has 0 saturated heterocycles. The Bertz CT molecular complexity index is 691. The lowest BCUT2D eigenvalue weighted by molar-refractivity contribution is -0.137. The Hall–Kier alpha value is -1.60. The van der Waals surface area contributed by atoms with Crippen molar-refractivity contribution in [3.8, 4) is 0 Å². The number of nitrogens with zero attached hydrogens (tertiary/aromatic N) is 1. The maximum absolute atomic E-state index is 12.7. The van der Waals surface area contributed by atoms with Gasteiger partial charge in [-0.1, -0.05) is 11.6 Å². The zero-order chi connectivity index (χ0) is 15.6. The van der Waals surface area contributed by atoms with Crippen LogP contribution in [-0.2, 0) is 6.18 Å². The summed E-state index contributed by atoms with van der Waals surface area (Å²) in [4.78, 5) is 15.8. The highest BCUT2D eigenvalue weighted by Gasteiger charge is 2.31. The maximum atomic E-state index is 12.7. The predicted molar refractivity (Wildman–Crippen MR) is 76.3 cm³/mol. The van der Waals surface area contributed by atoms with E-state index < -0.39 is 17.6 Å². The lowest BCUT2D eigenvalue weighted by Gasteiger charge is -2.11. The summed E-state index contributed by atoms with van der Waals surface area (Å²) in [6.07, 6.45) is -3.14. The number of anilines is 1. The van der Waals surface area contributed by atoms with Crippen LogP contribution in [0.1, 0.15) is 16.1 Å². The molecule has 1 aromatic heterocycles. The summed E-state index contributed by atoms with van der Waals surface area (Å²) in [5.74, 6) is -0.641. The molecule has 1 amide bonds. The molecule has 2 aromatic rings. The SMILES string of the molecule is O=C(Nc1cc(Cl)cc(C(F)(F)F)c1)c1ncccc1Br. The number of benzene rings is 1. The van der Waals surface area contributed by atoms with Crippen LogP contribution in [0.2, 0.25) is 5.02 Å². The van der Waals surface area contributed by atoms with E-state index in [1.807, 2.05) is 0 Å². The number of pyridine rings is 1. The smallest absolute Gasteiger partial charge is 0.321 e. The normalized spacial score (nSPS) is 11.3. The van der Waals surface area contributed by atoms with Gasteiger partial charge in [0.05, 0.1) is 5.56 Å². The van der Waals surface area contributed by atoms with Crippen molar-refractivity contribution in [3.05, 3.63) is 57.3 Å². The first-order chi connectivity index (χ1) is 9.77. The number of aromatic nitrogens is 1. The Balaban J connectivity index is 2.30. The molecular formula is C13H7BrClF3N2O. The van der Waals surface area contributed by atoms with E-state index in [1.54, 1.807) is 12.1 Å². The topological polar surface area (TPSA) is 42.0 Å². The molecule has 0 aliphatic carbocycles. The Morgan fingerprint density at radius 2 is 2.00 bits per heavy atom. The summed E-state index contributed by atoms with van der Waals surface area (Å²) in [6, 6.07) is 6.03.